The number of thioether (sulfide) groups is 1. The van der Waals surface area contributed by atoms with Crippen molar-refractivity contribution < 1.29 is 0 Å². The van der Waals surface area contributed by atoms with Gasteiger partial charge < -0.3 is 5.73 Å². The van der Waals surface area contributed by atoms with Crippen LogP contribution in [-0.2, 0) is 12.2 Å². The van der Waals surface area contributed by atoms with Crippen LogP contribution >= 0.6 is 11.8 Å². The summed E-state index contributed by atoms with van der Waals surface area (Å²) in [5.74, 6) is 1.02. The highest BCUT2D eigenvalue weighted by molar-refractivity contribution is 7.98. The third kappa shape index (κ3) is 4.41. The molecular formula is C17H21NS. The molecule has 0 radical (unpaired) electrons. The highest BCUT2D eigenvalue weighted by Gasteiger charge is 2.03. The van der Waals surface area contributed by atoms with Crippen LogP contribution in [0.25, 0.3) is 0 Å². The molecule has 0 spiro atoms. The fraction of sp³-hybridized carbons (Fsp3) is 0.294. The van der Waals surface area contributed by atoms with E-state index in [4.69, 9.17) is 5.73 Å². The molecule has 0 amide bonds. The summed E-state index contributed by atoms with van der Waals surface area (Å²) in [4.78, 5) is 1.36. The van der Waals surface area contributed by atoms with Crippen molar-refractivity contribution in [3.05, 3.63) is 65.2 Å². The third-order valence-electron chi connectivity index (χ3n) is 3.03. The van der Waals surface area contributed by atoms with E-state index >= 15 is 0 Å². The van der Waals surface area contributed by atoms with Crippen LogP contribution in [0.4, 0.5) is 0 Å². The molecule has 0 aliphatic heterocycles. The van der Waals surface area contributed by atoms with Crippen molar-refractivity contribution in [2.24, 2.45) is 5.73 Å². The number of hydrogen-bond acceptors (Lipinski definition) is 2. The maximum absolute atomic E-state index is 5.84. The zero-order valence-corrected chi connectivity index (χ0v) is 12.4. The molecule has 2 aromatic rings. The summed E-state index contributed by atoms with van der Waals surface area (Å²) in [6.45, 7) is 4.23. The Morgan fingerprint density at radius 1 is 1.05 bits per heavy atom. The van der Waals surface area contributed by atoms with Gasteiger partial charge >= 0.3 is 0 Å². The van der Waals surface area contributed by atoms with Crippen LogP contribution in [0.2, 0.25) is 0 Å². The van der Waals surface area contributed by atoms with Gasteiger partial charge in [-0.25, -0.2) is 0 Å². The van der Waals surface area contributed by atoms with E-state index in [0.717, 1.165) is 12.2 Å². The second-order valence-electron chi connectivity index (χ2n) is 5.06. The molecule has 1 nitrogen and oxygen atoms in total. The summed E-state index contributed by atoms with van der Waals surface area (Å²) in [5.41, 5.74) is 9.89. The largest absolute Gasteiger partial charge is 0.328 e. The predicted octanol–water partition coefficient (Wildman–Crippen LogP) is 4.18. The molecule has 0 aliphatic carbocycles. The van der Waals surface area contributed by atoms with Crippen LogP contribution in [0, 0.1) is 6.92 Å². The Hall–Kier alpha value is -1.25. The molecule has 2 aromatic carbocycles. The summed E-state index contributed by atoms with van der Waals surface area (Å²) >= 11 is 1.90. The van der Waals surface area contributed by atoms with Crippen molar-refractivity contribution >= 4 is 11.8 Å². The fourth-order valence-electron chi connectivity index (χ4n) is 2.11. The number of rotatable bonds is 5. The third-order valence-corrected chi connectivity index (χ3v) is 4.28. The molecule has 1 atom stereocenters. The van der Waals surface area contributed by atoms with Gasteiger partial charge in [0, 0.05) is 16.7 Å². The van der Waals surface area contributed by atoms with Gasteiger partial charge in [0.05, 0.1) is 0 Å². The van der Waals surface area contributed by atoms with Gasteiger partial charge in [0.25, 0.3) is 0 Å². The molecule has 2 N–H and O–H groups in total. The molecule has 2 heteroatoms. The first-order valence-electron chi connectivity index (χ1n) is 6.67. The monoisotopic (exact) mass is 271 g/mol. The summed E-state index contributed by atoms with van der Waals surface area (Å²) < 4.78 is 0. The minimum Gasteiger partial charge on any atom is -0.328 e. The lowest BCUT2D eigenvalue weighted by atomic mass is 10.1. The van der Waals surface area contributed by atoms with Gasteiger partial charge in [-0.05, 0) is 43.0 Å². The first-order valence-corrected chi connectivity index (χ1v) is 7.65. The van der Waals surface area contributed by atoms with Crippen molar-refractivity contribution in [2.75, 3.05) is 0 Å². The molecule has 2 rings (SSSR count). The Morgan fingerprint density at radius 3 is 2.42 bits per heavy atom. The van der Waals surface area contributed by atoms with Crippen LogP contribution < -0.4 is 5.73 Å². The van der Waals surface area contributed by atoms with Gasteiger partial charge in [-0.15, -0.1) is 11.8 Å². The van der Waals surface area contributed by atoms with Crippen molar-refractivity contribution in [1.82, 2.24) is 0 Å². The van der Waals surface area contributed by atoms with Gasteiger partial charge in [-0.2, -0.15) is 0 Å². The van der Waals surface area contributed by atoms with Gasteiger partial charge in [-0.1, -0.05) is 42.5 Å². The lowest BCUT2D eigenvalue weighted by Gasteiger charge is -2.10. The summed E-state index contributed by atoms with van der Waals surface area (Å²) in [5, 5.41) is 0. The van der Waals surface area contributed by atoms with Gasteiger partial charge in [0.15, 0.2) is 0 Å². The van der Waals surface area contributed by atoms with Crippen molar-refractivity contribution in [1.29, 1.82) is 0 Å². The molecule has 0 fully saturated rings. The van der Waals surface area contributed by atoms with E-state index < -0.39 is 0 Å². The number of benzene rings is 2. The smallest absolute Gasteiger partial charge is 0.0232 e. The maximum atomic E-state index is 5.84. The molecule has 0 saturated carbocycles. The Bertz CT molecular complexity index is 520. The van der Waals surface area contributed by atoms with E-state index in [9.17, 15) is 0 Å². The number of aryl methyl sites for hydroxylation is 1. The predicted molar refractivity (Wildman–Crippen MR) is 84.5 cm³/mol. The number of nitrogens with two attached hydrogens (primary N) is 1. The van der Waals surface area contributed by atoms with Crippen LogP contribution in [0.5, 0.6) is 0 Å². The van der Waals surface area contributed by atoms with E-state index in [1.54, 1.807) is 0 Å². The first kappa shape index (κ1) is 14.2. The lowest BCUT2D eigenvalue weighted by Crippen LogP contribution is -2.17. The topological polar surface area (TPSA) is 26.0 Å². The standard InChI is InChI=1S/C17H21NS/c1-13-10-16(11-14(2)18)8-9-17(13)19-12-15-6-4-3-5-7-15/h3-10,14H,11-12,18H2,1-2H3. The second-order valence-corrected chi connectivity index (χ2v) is 6.07. The molecule has 0 aromatic heterocycles. The van der Waals surface area contributed by atoms with E-state index in [1.165, 1.54) is 21.6 Å². The van der Waals surface area contributed by atoms with Crippen molar-refractivity contribution in [3.8, 4) is 0 Å². The minimum absolute atomic E-state index is 0.224. The van der Waals surface area contributed by atoms with Gasteiger partial charge in [-0.3, -0.25) is 0 Å². The highest BCUT2D eigenvalue weighted by Crippen LogP contribution is 2.26. The molecule has 0 aliphatic rings. The molecule has 19 heavy (non-hydrogen) atoms. The first-order chi connectivity index (χ1) is 9.15. The van der Waals surface area contributed by atoms with E-state index in [0.29, 0.717) is 0 Å². The Labute approximate surface area is 120 Å². The van der Waals surface area contributed by atoms with Crippen LogP contribution in [-0.4, -0.2) is 6.04 Å². The number of hydrogen-bond donors (Lipinski definition) is 1. The molecule has 100 valence electrons. The zero-order valence-electron chi connectivity index (χ0n) is 11.6. The molecule has 0 heterocycles. The fourth-order valence-corrected chi connectivity index (χ4v) is 3.07. The summed E-state index contributed by atoms with van der Waals surface area (Å²) in [6.07, 6.45) is 0.949. The quantitative estimate of drug-likeness (QED) is 0.826. The molecule has 0 bridgehead atoms. The molecule has 1 unspecified atom stereocenters. The molecular weight excluding hydrogens is 250 g/mol. The zero-order chi connectivity index (χ0) is 13.7. The van der Waals surface area contributed by atoms with Gasteiger partial charge in [0.1, 0.15) is 0 Å². The van der Waals surface area contributed by atoms with Crippen LogP contribution in [0.1, 0.15) is 23.6 Å². The van der Waals surface area contributed by atoms with E-state index in [-0.39, 0.29) is 6.04 Å². The SMILES string of the molecule is Cc1cc(CC(C)N)ccc1SCc1ccccc1. The van der Waals surface area contributed by atoms with Crippen LogP contribution in [0.3, 0.4) is 0 Å². The Morgan fingerprint density at radius 2 is 1.79 bits per heavy atom. The minimum atomic E-state index is 0.224. The lowest BCUT2D eigenvalue weighted by molar-refractivity contribution is 0.737. The average Bonchev–Trinajstić information content (AvgIpc) is 2.38. The Balaban J connectivity index is 2.01. The van der Waals surface area contributed by atoms with Crippen LogP contribution in [0.15, 0.2) is 53.4 Å². The highest BCUT2D eigenvalue weighted by atomic mass is 32.2. The summed E-state index contributed by atoms with van der Waals surface area (Å²) in [6, 6.07) is 17.5. The summed E-state index contributed by atoms with van der Waals surface area (Å²) in [7, 11) is 0. The normalized spacial score (nSPS) is 12.4. The average molecular weight is 271 g/mol. The molecule has 0 saturated heterocycles. The second kappa shape index (κ2) is 6.78. The Kier molecular flexibility index (Phi) is 5.06. The van der Waals surface area contributed by atoms with Crippen molar-refractivity contribution in [2.45, 2.75) is 37.0 Å². The van der Waals surface area contributed by atoms with Gasteiger partial charge in [0.2, 0.25) is 0 Å². The van der Waals surface area contributed by atoms with E-state index in [2.05, 4.69) is 55.5 Å². The maximum Gasteiger partial charge on any atom is 0.0232 e. The van der Waals surface area contributed by atoms with Crippen molar-refractivity contribution in [3.63, 3.8) is 0 Å². The van der Waals surface area contributed by atoms with E-state index in [1.807, 2.05) is 18.7 Å².